The zero-order chi connectivity index (χ0) is 20.4. The summed E-state index contributed by atoms with van der Waals surface area (Å²) >= 11 is 4.71. The van der Waals surface area contributed by atoms with Crippen molar-refractivity contribution in [3.63, 3.8) is 0 Å². The Morgan fingerprint density at radius 1 is 1.03 bits per heavy atom. The molecule has 1 aliphatic rings. The smallest absolute Gasteiger partial charge is 0.261 e. The van der Waals surface area contributed by atoms with Crippen molar-refractivity contribution in [2.24, 2.45) is 0 Å². The van der Waals surface area contributed by atoms with Crippen molar-refractivity contribution in [2.45, 2.75) is 12.8 Å². The van der Waals surface area contributed by atoms with Crippen LogP contribution < -0.4 is 5.32 Å². The molecular weight excluding hydrogens is 454 g/mol. The Balaban J connectivity index is 1.33. The molecule has 8 heteroatoms. The first-order valence-electron chi connectivity index (χ1n) is 8.95. The number of carbonyl (C=O) groups excluding carboxylic acids is 3. The van der Waals surface area contributed by atoms with Crippen LogP contribution in [-0.2, 0) is 17.6 Å². The predicted molar refractivity (Wildman–Crippen MR) is 114 cm³/mol. The first-order chi connectivity index (χ1) is 14.0. The molecule has 0 fully saturated rings. The summed E-state index contributed by atoms with van der Waals surface area (Å²) in [6, 6.07) is 14.4. The molecule has 3 aromatic rings. The van der Waals surface area contributed by atoms with E-state index in [0.717, 1.165) is 14.9 Å². The molecule has 1 aromatic heterocycles. The number of thiazole rings is 1. The first-order valence-corrected chi connectivity index (χ1v) is 10.6. The van der Waals surface area contributed by atoms with E-state index < -0.39 is 0 Å². The number of carbonyl (C=O) groups is 3. The van der Waals surface area contributed by atoms with Crippen LogP contribution in [-0.4, -0.2) is 34.2 Å². The number of fused-ring (bicyclic) bond motifs is 1. The van der Waals surface area contributed by atoms with Gasteiger partial charge in [0.2, 0.25) is 5.91 Å². The van der Waals surface area contributed by atoms with Gasteiger partial charge in [0.05, 0.1) is 17.5 Å². The molecule has 0 spiro atoms. The second kappa shape index (κ2) is 8.26. The summed E-state index contributed by atoms with van der Waals surface area (Å²) in [7, 11) is 0. The van der Waals surface area contributed by atoms with Gasteiger partial charge in [-0.15, -0.1) is 11.3 Å². The second-order valence-corrected chi connectivity index (χ2v) is 8.57. The van der Waals surface area contributed by atoms with Crippen LogP contribution in [0.5, 0.6) is 0 Å². The van der Waals surface area contributed by atoms with Gasteiger partial charge in [-0.05, 0) is 29.8 Å². The molecule has 1 aliphatic heterocycles. The largest absolute Gasteiger partial charge is 0.302 e. The lowest BCUT2D eigenvalue weighted by Crippen LogP contribution is -2.31. The molecule has 6 nitrogen and oxygen atoms in total. The van der Waals surface area contributed by atoms with Gasteiger partial charge in [0, 0.05) is 28.5 Å². The molecule has 0 bridgehead atoms. The lowest BCUT2D eigenvalue weighted by Gasteiger charge is -2.12. The number of anilines is 1. The van der Waals surface area contributed by atoms with E-state index in [9.17, 15) is 14.4 Å². The van der Waals surface area contributed by atoms with Crippen molar-refractivity contribution in [1.29, 1.82) is 0 Å². The minimum Gasteiger partial charge on any atom is -0.302 e. The SMILES string of the molecule is O=C(Cc1ccc(Br)cc1)Nc1ncc(CCN2C(=O)c3ccccc3C2=O)s1. The van der Waals surface area contributed by atoms with Gasteiger partial charge in [-0.2, -0.15) is 0 Å². The average molecular weight is 470 g/mol. The summed E-state index contributed by atoms with van der Waals surface area (Å²) in [6.45, 7) is 0.279. The van der Waals surface area contributed by atoms with Crippen LogP contribution in [0.15, 0.2) is 59.2 Å². The fourth-order valence-electron chi connectivity index (χ4n) is 3.10. The van der Waals surface area contributed by atoms with Crippen LogP contribution >= 0.6 is 27.3 Å². The van der Waals surface area contributed by atoms with Gasteiger partial charge in [-0.25, -0.2) is 4.98 Å². The summed E-state index contributed by atoms with van der Waals surface area (Å²) in [5, 5.41) is 3.30. The molecule has 146 valence electrons. The highest BCUT2D eigenvalue weighted by atomic mass is 79.9. The Morgan fingerprint density at radius 3 is 2.34 bits per heavy atom. The Kier molecular flexibility index (Phi) is 5.55. The summed E-state index contributed by atoms with van der Waals surface area (Å²) < 4.78 is 0.962. The maximum Gasteiger partial charge on any atom is 0.261 e. The predicted octanol–water partition coefficient (Wildman–Crippen LogP) is 3.93. The van der Waals surface area contributed by atoms with Crippen molar-refractivity contribution in [3.05, 3.63) is 80.8 Å². The topological polar surface area (TPSA) is 79.4 Å². The van der Waals surface area contributed by atoms with Crippen LogP contribution in [0.2, 0.25) is 0 Å². The van der Waals surface area contributed by atoms with Crippen LogP contribution in [0.25, 0.3) is 0 Å². The summed E-state index contributed by atoms with van der Waals surface area (Å²) in [6.07, 6.45) is 2.42. The highest BCUT2D eigenvalue weighted by molar-refractivity contribution is 9.10. The lowest BCUT2D eigenvalue weighted by molar-refractivity contribution is -0.115. The molecule has 0 saturated heterocycles. The Morgan fingerprint density at radius 2 is 1.69 bits per heavy atom. The number of halogens is 1. The number of amides is 3. The number of hydrogen-bond donors (Lipinski definition) is 1. The quantitative estimate of drug-likeness (QED) is 0.554. The van der Waals surface area contributed by atoms with E-state index in [1.54, 1.807) is 30.5 Å². The summed E-state index contributed by atoms with van der Waals surface area (Å²) in [5.74, 6) is -0.676. The molecular formula is C21H16BrN3O3S. The first kappa shape index (κ1) is 19.5. The number of hydrogen-bond acceptors (Lipinski definition) is 5. The van der Waals surface area contributed by atoms with Gasteiger partial charge in [0.25, 0.3) is 11.8 Å². The maximum absolute atomic E-state index is 12.4. The maximum atomic E-state index is 12.4. The van der Waals surface area contributed by atoms with E-state index in [2.05, 4.69) is 26.2 Å². The average Bonchev–Trinajstić information content (AvgIpc) is 3.25. The number of benzene rings is 2. The van der Waals surface area contributed by atoms with Gasteiger partial charge < -0.3 is 5.32 Å². The van der Waals surface area contributed by atoms with E-state index in [1.165, 1.54) is 16.2 Å². The van der Waals surface area contributed by atoms with Crippen LogP contribution in [0, 0.1) is 0 Å². The molecule has 1 N–H and O–H groups in total. The number of imide groups is 1. The minimum atomic E-state index is -0.266. The lowest BCUT2D eigenvalue weighted by atomic mass is 10.1. The molecule has 0 unspecified atom stereocenters. The molecule has 4 rings (SSSR count). The molecule has 0 radical (unpaired) electrons. The van der Waals surface area contributed by atoms with Crippen molar-refractivity contribution in [2.75, 3.05) is 11.9 Å². The summed E-state index contributed by atoms with van der Waals surface area (Å²) in [5.41, 5.74) is 1.80. The summed E-state index contributed by atoms with van der Waals surface area (Å²) in [4.78, 5) is 43.4. The Bertz CT molecular complexity index is 1060. The number of nitrogens with one attached hydrogen (secondary N) is 1. The van der Waals surface area contributed by atoms with E-state index in [-0.39, 0.29) is 30.7 Å². The third-order valence-corrected chi connectivity index (χ3v) is 6.04. The second-order valence-electron chi connectivity index (χ2n) is 6.54. The number of nitrogens with zero attached hydrogens (tertiary/aromatic N) is 2. The van der Waals surface area contributed by atoms with Crippen molar-refractivity contribution in [1.82, 2.24) is 9.88 Å². The zero-order valence-electron chi connectivity index (χ0n) is 15.2. The van der Waals surface area contributed by atoms with Gasteiger partial charge in [-0.1, -0.05) is 40.2 Å². The normalized spacial score (nSPS) is 12.9. The van der Waals surface area contributed by atoms with Crippen LogP contribution in [0.1, 0.15) is 31.2 Å². The molecule has 2 aromatic carbocycles. The highest BCUT2D eigenvalue weighted by Gasteiger charge is 2.34. The van der Waals surface area contributed by atoms with Gasteiger partial charge in [0.1, 0.15) is 0 Å². The highest BCUT2D eigenvalue weighted by Crippen LogP contribution is 2.24. The minimum absolute atomic E-state index is 0.145. The van der Waals surface area contributed by atoms with E-state index in [4.69, 9.17) is 0 Å². The van der Waals surface area contributed by atoms with Crippen molar-refractivity contribution < 1.29 is 14.4 Å². The van der Waals surface area contributed by atoms with Crippen LogP contribution in [0.3, 0.4) is 0 Å². The van der Waals surface area contributed by atoms with Crippen molar-refractivity contribution >= 4 is 50.1 Å². The van der Waals surface area contributed by atoms with Crippen LogP contribution in [0.4, 0.5) is 5.13 Å². The monoisotopic (exact) mass is 469 g/mol. The molecule has 0 saturated carbocycles. The van der Waals surface area contributed by atoms with Gasteiger partial charge >= 0.3 is 0 Å². The number of rotatable bonds is 6. The van der Waals surface area contributed by atoms with E-state index in [1.807, 2.05) is 24.3 Å². The third kappa shape index (κ3) is 4.28. The third-order valence-electron chi connectivity index (χ3n) is 4.54. The molecule has 3 amide bonds. The van der Waals surface area contributed by atoms with E-state index in [0.29, 0.717) is 22.7 Å². The standard InChI is InChI=1S/C21H16BrN3O3S/c22-14-7-5-13(6-8-14)11-18(26)24-21-23-12-15(29-21)9-10-25-19(27)16-3-1-2-4-17(16)20(25)28/h1-8,12H,9-11H2,(H,23,24,26). The molecule has 29 heavy (non-hydrogen) atoms. The van der Waals surface area contributed by atoms with Gasteiger partial charge in [-0.3, -0.25) is 19.3 Å². The van der Waals surface area contributed by atoms with Gasteiger partial charge in [0.15, 0.2) is 5.13 Å². The zero-order valence-corrected chi connectivity index (χ0v) is 17.6. The number of aromatic nitrogens is 1. The Labute approximate surface area is 179 Å². The fourth-order valence-corrected chi connectivity index (χ4v) is 4.18. The van der Waals surface area contributed by atoms with Crippen molar-refractivity contribution in [3.8, 4) is 0 Å². The Hall–Kier alpha value is -2.84. The molecule has 2 heterocycles. The molecule has 0 atom stereocenters. The fraction of sp³-hybridized carbons (Fsp3) is 0.143. The van der Waals surface area contributed by atoms with E-state index >= 15 is 0 Å². The molecule has 0 aliphatic carbocycles.